The van der Waals surface area contributed by atoms with E-state index >= 15 is 0 Å². The summed E-state index contributed by atoms with van der Waals surface area (Å²) in [6.45, 7) is 1.24. The Morgan fingerprint density at radius 3 is 1.80 bits per heavy atom. The van der Waals surface area contributed by atoms with Crippen LogP contribution in [0.25, 0.3) is 0 Å². The molecule has 1 aliphatic rings. The second kappa shape index (κ2) is 10.3. The van der Waals surface area contributed by atoms with Gasteiger partial charge in [0.2, 0.25) is 0 Å². The lowest BCUT2D eigenvalue weighted by molar-refractivity contribution is -0.148. The van der Waals surface area contributed by atoms with E-state index in [1.807, 2.05) is 0 Å². The van der Waals surface area contributed by atoms with Gasteiger partial charge in [-0.1, -0.05) is 36.4 Å². The highest BCUT2D eigenvalue weighted by molar-refractivity contribution is 8.00. The van der Waals surface area contributed by atoms with Gasteiger partial charge >= 0.3 is 17.9 Å². The van der Waals surface area contributed by atoms with E-state index in [1.54, 1.807) is 60.7 Å². The highest BCUT2D eigenvalue weighted by atomic mass is 32.2. The first-order valence-corrected chi connectivity index (χ1v) is 10.1. The van der Waals surface area contributed by atoms with Crippen molar-refractivity contribution in [2.24, 2.45) is 0 Å². The van der Waals surface area contributed by atoms with E-state index in [-0.39, 0.29) is 6.61 Å². The molecule has 0 aromatic heterocycles. The highest BCUT2D eigenvalue weighted by Gasteiger charge is 2.51. The number of carbonyl (C=O) groups is 3. The Hall–Kier alpha value is -2.78. The summed E-state index contributed by atoms with van der Waals surface area (Å²) in [5.74, 6) is -1.79. The van der Waals surface area contributed by atoms with Crippen molar-refractivity contribution >= 4 is 37.7 Å². The third kappa shape index (κ3) is 5.43. The number of ether oxygens (including phenoxy) is 3. The molecule has 1 aliphatic heterocycles. The molecule has 0 spiro atoms. The van der Waals surface area contributed by atoms with Crippen molar-refractivity contribution in [1.29, 1.82) is 0 Å². The van der Waals surface area contributed by atoms with Gasteiger partial charge in [-0.2, -0.15) is 0 Å². The van der Waals surface area contributed by atoms with Crippen LogP contribution in [0.5, 0.6) is 0 Å². The number of hydrogen-bond donors (Lipinski definition) is 0. The van der Waals surface area contributed by atoms with Gasteiger partial charge in [0, 0.05) is 13.5 Å². The Kier molecular flexibility index (Phi) is 7.54. The minimum atomic E-state index is -1.04. The van der Waals surface area contributed by atoms with E-state index in [2.05, 4.69) is 0 Å². The molecule has 30 heavy (non-hydrogen) atoms. The number of thioether (sulfide) groups is 1. The zero-order valence-electron chi connectivity index (χ0n) is 16.1. The smallest absolute Gasteiger partial charge is 0.338 e. The Morgan fingerprint density at radius 1 is 0.833 bits per heavy atom. The molecule has 154 valence electrons. The standard InChI is InChI=1S/C21H19BO7S/c1-13(23)27-21-18(29-20(25)15-10-6-3-7-11-15)17(16(30-21)12-26-22)28-19(24)14-8-4-2-5-9-14/h2-11,16-18,21H,12H2,1H3/t16-,17-,18-,21-/m1/s1. The fourth-order valence-electron chi connectivity index (χ4n) is 2.98. The summed E-state index contributed by atoms with van der Waals surface area (Å²) in [4.78, 5) is 36.8. The molecule has 1 fully saturated rings. The maximum atomic E-state index is 12.6. The van der Waals surface area contributed by atoms with Gasteiger partial charge < -0.3 is 18.9 Å². The van der Waals surface area contributed by atoms with E-state index in [9.17, 15) is 14.4 Å². The summed E-state index contributed by atoms with van der Waals surface area (Å²) >= 11 is 1.15. The van der Waals surface area contributed by atoms with Gasteiger partial charge in [-0.15, -0.1) is 11.8 Å². The van der Waals surface area contributed by atoms with Crippen molar-refractivity contribution in [1.82, 2.24) is 0 Å². The predicted molar refractivity (Wildman–Crippen MR) is 110 cm³/mol. The normalized spacial score (nSPS) is 22.8. The fourth-order valence-corrected chi connectivity index (χ4v) is 4.40. The molecule has 0 aliphatic carbocycles. The first-order chi connectivity index (χ1) is 14.5. The van der Waals surface area contributed by atoms with Crippen LogP contribution in [-0.2, 0) is 23.7 Å². The summed E-state index contributed by atoms with van der Waals surface area (Å²) in [7, 11) is 5.23. The van der Waals surface area contributed by atoms with Crippen LogP contribution in [0, 0.1) is 0 Å². The molecular weight excluding hydrogens is 407 g/mol. The minimum absolute atomic E-state index is 0.00540. The number of carbonyl (C=O) groups excluding carboxylic acids is 3. The summed E-state index contributed by atoms with van der Waals surface area (Å²) < 4.78 is 21.3. The second-order valence-corrected chi connectivity index (χ2v) is 7.80. The molecule has 0 saturated carbocycles. The molecule has 0 bridgehead atoms. The van der Waals surface area contributed by atoms with E-state index < -0.39 is 40.8 Å². The lowest BCUT2D eigenvalue weighted by Crippen LogP contribution is -2.42. The van der Waals surface area contributed by atoms with E-state index in [4.69, 9.17) is 26.9 Å². The van der Waals surface area contributed by atoms with Crippen molar-refractivity contribution < 1.29 is 33.2 Å². The third-order valence-electron chi connectivity index (χ3n) is 4.32. The lowest BCUT2D eigenvalue weighted by atomic mass is 10.1. The van der Waals surface area contributed by atoms with Gasteiger partial charge in [-0.05, 0) is 24.3 Å². The van der Waals surface area contributed by atoms with E-state index in [0.29, 0.717) is 11.1 Å². The molecule has 2 aromatic rings. The highest BCUT2D eigenvalue weighted by Crippen LogP contribution is 2.39. The molecule has 7 nitrogen and oxygen atoms in total. The number of esters is 3. The largest absolute Gasteiger partial charge is 0.453 e. The van der Waals surface area contributed by atoms with Crippen LogP contribution in [0.1, 0.15) is 27.6 Å². The average Bonchev–Trinajstić information content (AvgIpc) is 3.04. The van der Waals surface area contributed by atoms with Crippen LogP contribution in [0.2, 0.25) is 0 Å². The Morgan fingerprint density at radius 2 is 1.33 bits per heavy atom. The predicted octanol–water partition coefficient (Wildman–Crippen LogP) is 2.54. The second-order valence-electron chi connectivity index (χ2n) is 6.46. The molecule has 0 N–H and O–H groups in total. The summed E-state index contributed by atoms with van der Waals surface area (Å²) in [6.07, 6.45) is -1.98. The van der Waals surface area contributed by atoms with Crippen LogP contribution in [0.15, 0.2) is 60.7 Å². The molecule has 9 heteroatoms. The van der Waals surface area contributed by atoms with Crippen LogP contribution in [-0.4, -0.2) is 55.5 Å². The van der Waals surface area contributed by atoms with Crippen molar-refractivity contribution in [3.05, 3.63) is 71.8 Å². The lowest BCUT2D eigenvalue weighted by Gasteiger charge is -2.25. The molecule has 0 amide bonds. The van der Waals surface area contributed by atoms with Gasteiger partial charge in [-0.25, -0.2) is 9.59 Å². The van der Waals surface area contributed by atoms with Gasteiger partial charge in [0.1, 0.15) is 0 Å². The van der Waals surface area contributed by atoms with Crippen LogP contribution in [0.3, 0.4) is 0 Å². The molecule has 1 saturated heterocycles. The monoisotopic (exact) mass is 426 g/mol. The summed E-state index contributed by atoms with van der Waals surface area (Å²) in [5.41, 5.74) is -0.237. The van der Waals surface area contributed by atoms with Crippen molar-refractivity contribution in [3.8, 4) is 0 Å². The third-order valence-corrected chi connectivity index (χ3v) is 5.70. The summed E-state index contributed by atoms with van der Waals surface area (Å²) in [5, 5.41) is -0.513. The Bertz CT molecular complexity index is 877. The minimum Gasteiger partial charge on any atom is -0.453 e. The SMILES string of the molecule is [B]OC[C@H]1S[C@@H](OC(C)=O)[C@H](OC(=O)c2ccccc2)[C@@H]1OC(=O)c1ccccc1. The quantitative estimate of drug-likeness (QED) is 0.379. The molecule has 1 heterocycles. The molecule has 4 atom stereocenters. The van der Waals surface area contributed by atoms with E-state index in [0.717, 1.165) is 11.8 Å². The molecule has 0 unspecified atom stereocenters. The molecular formula is C21H19BO7S. The molecule has 2 aromatic carbocycles. The van der Waals surface area contributed by atoms with Gasteiger partial charge in [0.05, 0.1) is 16.4 Å². The number of benzene rings is 2. The number of rotatable bonds is 7. The summed E-state index contributed by atoms with van der Waals surface area (Å²) in [6, 6.07) is 16.7. The van der Waals surface area contributed by atoms with Crippen molar-refractivity contribution in [2.45, 2.75) is 29.8 Å². The Balaban J connectivity index is 1.85. The first kappa shape index (κ1) is 21.9. The van der Waals surface area contributed by atoms with Gasteiger partial charge in [0.25, 0.3) is 8.05 Å². The van der Waals surface area contributed by atoms with Crippen LogP contribution in [0.4, 0.5) is 0 Å². The topological polar surface area (TPSA) is 88.1 Å². The fraction of sp³-hybridized carbons (Fsp3) is 0.286. The van der Waals surface area contributed by atoms with Crippen molar-refractivity contribution in [2.75, 3.05) is 6.61 Å². The van der Waals surface area contributed by atoms with E-state index in [1.165, 1.54) is 6.92 Å². The molecule has 3 rings (SSSR count). The van der Waals surface area contributed by atoms with Gasteiger partial charge in [-0.3, -0.25) is 4.79 Å². The van der Waals surface area contributed by atoms with Crippen LogP contribution < -0.4 is 0 Å². The zero-order chi connectivity index (χ0) is 21.5. The molecule has 2 radical (unpaired) electrons. The van der Waals surface area contributed by atoms with Gasteiger partial charge in [0.15, 0.2) is 17.6 Å². The van der Waals surface area contributed by atoms with Crippen LogP contribution >= 0.6 is 11.8 Å². The number of hydrogen-bond acceptors (Lipinski definition) is 8. The maximum Gasteiger partial charge on any atom is 0.338 e. The zero-order valence-corrected chi connectivity index (χ0v) is 16.9. The first-order valence-electron chi connectivity index (χ1n) is 9.16. The Labute approximate surface area is 179 Å². The average molecular weight is 426 g/mol. The van der Waals surface area contributed by atoms with Crippen molar-refractivity contribution in [3.63, 3.8) is 0 Å². The maximum absolute atomic E-state index is 12.6.